The minimum Gasteiger partial charge on any atom is -0.350 e. The van der Waals surface area contributed by atoms with Crippen LogP contribution in [0.1, 0.15) is 60.1 Å². The molecule has 0 radical (unpaired) electrons. The molecule has 0 bridgehead atoms. The van der Waals surface area contributed by atoms with Crippen molar-refractivity contribution in [2.45, 2.75) is 38.6 Å². The maximum absolute atomic E-state index is 12.4. The van der Waals surface area contributed by atoms with Gasteiger partial charge in [0.25, 0.3) is 5.91 Å². The number of carbonyl (C=O) groups excluding carboxylic acids is 2. The van der Waals surface area contributed by atoms with Gasteiger partial charge in [-0.15, -0.1) is 0 Å². The summed E-state index contributed by atoms with van der Waals surface area (Å²) in [5.74, 6) is 0.427. The van der Waals surface area contributed by atoms with Crippen LogP contribution in [0.3, 0.4) is 0 Å². The third-order valence-corrected chi connectivity index (χ3v) is 4.85. The number of rotatable bonds is 7. The topological polar surface area (TPSA) is 84.2 Å². The Morgan fingerprint density at radius 2 is 1.74 bits per heavy atom. The van der Waals surface area contributed by atoms with Gasteiger partial charge in [-0.25, -0.2) is 0 Å². The number of amides is 2. The minimum absolute atomic E-state index is 0.0272. The zero-order valence-corrected chi connectivity index (χ0v) is 15.9. The van der Waals surface area contributed by atoms with Crippen LogP contribution < -0.4 is 16.4 Å². The van der Waals surface area contributed by atoms with Crippen LogP contribution >= 0.6 is 0 Å². The monoisotopic (exact) mass is 365 g/mol. The average molecular weight is 365 g/mol. The van der Waals surface area contributed by atoms with Crippen molar-refractivity contribution in [2.24, 2.45) is 11.7 Å². The van der Waals surface area contributed by atoms with Crippen LogP contribution in [0.4, 0.5) is 5.69 Å². The highest BCUT2D eigenvalue weighted by molar-refractivity contribution is 5.98. The van der Waals surface area contributed by atoms with Crippen molar-refractivity contribution in [3.8, 4) is 0 Å². The van der Waals surface area contributed by atoms with Crippen molar-refractivity contribution in [3.63, 3.8) is 0 Å². The first-order valence-electron chi connectivity index (χ1n) is 9.48. The van der Waals surface area contributed by atoms with E-state index in [0.29, 0.717) is 23.7 Å². The summed E-state index contributed by atoms with van der Waals surface area (Å²) in [6.45, 7) is 4.64. The lowest BCUT2D eigenvalue weighted by Gasteiger charge is -2.15. The quantitative estimate of drug-likeness (QED) is 0.701. The van der Waals surface area contributed by atoms with Gasteiger partial charge in [0.2, 0.25) is 5.91 Å². The van der Waals surface area contributed by atoms with E-state index in [2.05, 4.69) is 36.6 Å². The molecule has 27 heavy (non-hydrogen) atoms. The first-order chi connectivity index (χ1) is 12.9. The Morgan fingerprint density at radius 1 is 1.07 bits per heavy atom. The Labute approximate surface area is 160 Å². The first kappa shape index (κ1) is 19.1. The van der Waals surface area contributed by atoms with Gasteiger partial charge in [-0.2, -0.15) is 0 Å². The molecule has 4 N–H and O–H groups in total. The van der Waals surface area contributed by atoms with Gasteiger partial charge in [0.15, 0.2) is 0 Å². The average Bonchev–Trinajstić information content (AvgIpc) is 3.51. The summed E-state index contributed by atoms with van der Waals surface area (Å²) in [6, 6.07) is 14.9. The van der Waals surface area contributed by atoms with E-state index in [1.165, 1.54) is 5.56 Å². The summed E-state index contributed by atoms with van der Waals surface area (Å²) in [6.07, 6.45) is 1.89. The first-order valence-corrected chi connectivity index (χ1v) is 9.48. The second-order valence-corrected chi connectivity index (χ2v) is 7.48. The summed E-state index contributed by atoms with van der Waals surface area (Å²) < 4.78 is 0. The molecule has 2 aromatic rings. The lowest BCUT2D eigenvalue weighted by Crippen LogP contribution is -2.32. The van der Waals surface area contributed by atoms with Crippen LogP contribution in [0.15, 0.2) is 48.5 Å². The van der Waals surface area contributed by atoms with E-state index in [9.17, 15) is 9.59 Å². The van der Waals surface area contributed by atoms with Crippen molar-refractivity contribution < 1.29 is 9.59 Å². The molecule has 1 aliphatic rings. The second kappa shape index (κ2) is 8.35. The molecule has 1 atom stereocenters. The van der Waals surface area contributed by atoms with Crippen LogP contribution in [-0.4, -0.2) is 18.4 Å². The smallest absolute Gasteiger partial charge is 0.251 e. The molecule has 1 unspecified atom stereocenters. The van der Waals surface area contributed by atoms with Crippen LogP contribution in [0.2, 0.25) is 0 Å². The molecule has 1 fully saturated rings. The highest BCUT2D eigenvalue weighted by Crippen LogP contribution is 2.30. The molecule has 5 nitrogen and oxygen atoms in total. The van der Waals surface area contributed by atoms with Crippen molar-refractivity contribution in [2.75, 3.05) is 11.9 Å². The number of hydrogen-bond donors (Lipinski definition) is 3. The predicted molar refractivity (Wildman–Crippen MR) is 108 cm³/mol. The van der Waals surface area contributed by atoms with E-state index in [4.69, 9.17) is 5.73 Å². The summed E-state index contributed by atoms with van der Waals surface area (Å²) in [4.78, 5) is 24.3. The summed E-state index contributed by atoms with van der Waals surface area (Å²) in [5, 5.41) is 5.73. The molecule has 0 saturated heterocycles. The molecule has 1 aliphatic carbocycles. The predicted octanol–water partition coefficient (Wildman–Crippen LogP) is 3.59. The molecule has 3 rings (SSSR count). The lowest BCUT2D eigenvalue weighted by atomic mass is 9.99. The fraction of sp³-hybridized carbons (Fsp3) is 0.364. The number of anilines is 1. The Morgan fingerprint density at radius 3 is 2.37 bits per heavy atom. The molecule has 1 saturated carbocycles. The zero-order chi connectivity index (χ0) is 19.4. The van der Waals surface area contributed by atoms with Gasteiger partial charge in [-0.1, -0.05) is 44.2 Å². The molecule has 142 valence electrons. The maximum atomic E-state index is 12.4. The number of hydrogen-bond acceptors (Lipinski definition) is 3. The van der Waals surface area contributed by atoms with E-state index in [1.54, 1.807) is 24.3 Å². The molecule has 5 heteroatoms. The van der Waals surface area contributed by atoms with Crippen LogP contribution in [-0.2, 0) is 4.79 Å². The third-order valence-electron chi connectivity index (χ3n) is 4.85. The lowest BCUT2D eigenvalue weighted by molar-refractivity contribution is -0.117. The van der Waals surface area contributed by atoms with Crippen LogP contribution in [0.5, 0.6) is 0 Å². The van der Waals surface area contributed by atoms with E-state index >= 15 is 0 Å². The van der Waals surface area contributed by atoms with Crippen molar-refractivity contribution >= 4 is 17.5 Å². The third kappa shape index (κ3) is 5.17. The fourth-order valence-corrected chi connectivity index (χ4v) is 2.88. The van der Waals surface area contributed by atoms with Gasteiger partial charge in [-0.3, -0.25) is 9.59 Å². The molecule has 2 amide bonds. The summed E-state index contributed by atoms with van der Waals surface area (Å²) in [5.41, 5.74) is 9.62. The molecule has 0 aromatic heterocycles. The van der Waals surface area contributed by atoms with Crippen molar-refractivity contribution in [1.29, 1.82) is 0 Å². The minimum atomic E-state index is -0.270. The summed E-state index contributed by atoms with van der Waals surface area (Å²) >= 11 is 0. The Balaban J connectivity index is 1.55. The van der Waals surface area contributed by atoms with Gasteiger partial charge >= 0.3 is 0 Å². The highest BCUT2D eigenvalue weighted by atomic mass is 16.2. The molecule has 0 heterocycles. The SMILES string of the molecule is CC(C)c1ccc(C(N)CNC(=O)c2cccc(NC(=O)C3CC3)c2)cc1. The molecule has 2 aromatic carbocycles. The van der Waals surface area contributed by atoms with E-state index < -0.39 is 0 Å². The van der Waals surface area contributed by atoms with Gasteiger partial charge in [0, 0.05) is 29.8 Å². The van der Waals surface area contributed by atoms with Gasteiger partial charge in [0.05, 0.1) is 0 Å². The Bertz CT molecular complexity index is 811. The molecule has 0 spiro atoms. The zero-order valence-electron chi connectivity index (χ0n) is 15.9. The van der Waals surface area contributed by atoms with Gasteiger partial charge in [0.1, 0.15) is 0 Å². The van der Waals surface area contributed by atoms with Crippen molar-refractivity contribution in [1.82, 2.24) is 5.32 Å². The van der Waals surface area contributed by atoms with E-state index in [1.807, 2.05) is 12.1 Å². The highest BCUT2D eigenvalue weighted by Gasteiger charge is 2.29. The standard InChI is InChI=1S/C22H27N3O2/c1-14(2)15-6-8-16(9-7-15)20(23)13-24-21(26)18-4-3-5-19(12-18)25-22(27)17-10-11-17/h3-9,12,14,17,20H,10-11,13,23H2,1-2H3,(H,24,26)(H,25,27). The largest absolute Gasteiger partial charge is 0.350 e. The van der Waals surface area contributed by atoms with Crippen LogP contribution in [0.25, 0.3) is 0 Å². The van der Waals surface area contributed by atoms with Crippen molar-refractivity contribution in [3.05, 3.63) is 65.2 Å². The number of carbonyl (C=O) groups is 2. The van der Waals surface area contributed by atoms with Crippen LogP contribution in [0, 0.1) is 5.92 Å². The molecule has 0 aliphatic heterocycles. The molecular formula is C22H27N3O2. The summed E-state index contributed by atoms with van der Waals surface area (Å²) in [7, 11) is 0. The Hall–Kier alpha value is -2.66. The van der Waals surface area contributed by atoms with E-state index in [-0.39, 0.29) is 23.8 Å². The normalized spacial score (nSPS) is 14.7. The number of nitrogens with one attached hydrogen (secondary N) is 2. The number of benzene rings is 2. The fourth-order valence-electron chi connectivity index (χ4n) is 2.88. The second-order valence-electron chi connectivity index (χ2n) is 7.48. The maximum Gasteiger partial charge on any atom is 0.251 e. The van der Waals surface area contributed by atoms with E-state index in [0.717, 1.165) is 18.4 Å². The number of nitrogens with two attached hydrogens (primary N) is 1. The van der Waals surface area contributed by atoms with Gasteiger partial charge < -0.3 is 16.4 Å². The van der Waals surface area contributed by atoms with Gasteiger partial charge in [-0.05, 0) is 48.1 Å². The Kier molecular flexibility index (Phi) is 5.91. The molecular weight excluding hydrogens is 338 g/mol.